The van der Waals surface area contributed by atoms with Gasteiger partial charge in [-0.15, -0.1) is 0 Å². The number of nitrogens with zero attached hydrogens (tertiary/aromatic N) is 2. The first-order chi connectivity index (χ1) is 13.5. The molecule has 2 aromatic rings. The van der Waals surface area contributed by atoms with E-state index in [2.05, 4.69) is 10.5 Å². The van der Waals surface area contributed by atoms with Gasteiger partial charge in [0.1, 0.15) is 0 Å². The summed E-state index contributed by atoms with van der Waals surface area (Å²) in [4.78, 5) is 12.4. The van der Waals surface area contributed by atoms with Crippen molar-refractivity contribution < 1.29 is 13.2 Å². The van der Waals surface area contributed by atoms with Crippen LogP contribution in [-0.4, -0.2) is 37.9 Å². The molecular weight excluding hydrogens is 374 g/mol. The third-order valence-electron chi connectivity index (χ3n) is 4.45. The van der Waals surface area contributed by atoms with Crippen LogP contribution < -0.4 is 5.43 Å². The maximum absolute atomic E-state index is 12.5. The number of hydrazone groups is 1. The van der Waals surface area contributed by atoms with E-state index in [9.17, 15) is 13.2 Å². The number of nitrogens with one attached hydrogen (secondary N) is 1. The van der Waals surface area contributed by atoms with Crippen molar-refractivity contribution >= 4 is 28.2 Å². The molecule has 0 saturated carbocycles. The van der Waals surface area contributed by atoms with Gasteiger partial charge in [-0.25, -0.2) is 13.8 Å². The molecule has 0 aliphatic carbocycles. The van der Waals surface area contributed by atoms with Gasteiger partial charge >= 0.3 is 0 Å². The van der Waals surface area contributed by atoms with Crippen molar-refractivity contribution in [2.24, 2.45) is 5.10 Å². The van der Waals surface area contributed by atoms with E-state index in [1.807, 2.05) is 43.3 Å². The minimum atomic E-state index is -3.47. The first kappa shape index (κ1) is 20.0. The summed E-state index contributed by atoms with van der Waals surface area (Å²) in [5.41, 5.74) is 4.74. The second-order valence-electron chi connectivity index (χ2n) is 6.63. The SMILES string of the molecule is CC(/C=N\NC(=O)c1ccc(S(=O)(=O)N2CCCC2)cc1)=C\c1ccccc1. The molecule has 1 aliphatic heterocycles. The predicted molar refractivity (Wildman–Crippen MR) is 110 cm³/mol. The zero-order chi connectivity index (χ0) is 20.0. The van der Waals surface area contributed by atoms with Gasteiger partial charge in [-0.2, -0.15) is 9.41 Å². The topological polar surface area (TPSA) is 78.8 Å². The summed E-state index contributed by atoms with van der Waals surface area (Å²) >= 11 is 0. The van der Waals surface area contributed by atoms with E-state index in [0.717, 1.165) is 24.0 Å². The lowest BCUT2D eigenvalue weighted by Gasteiger charge is -2.15. The summed E-state index contributed by atoms with van der Waals surface area (Å²) < 4.78 is 26.5. The monoisotopic (exact) mass is 397 g/mol. The zero-order valence-corrected chi connectivity index (χ0v) is 16.5. The highest BCUT2D eigenvalue weighted by molar-refractivity contribution is 7.89. The number of carbonyl (C=O) groups is 1. The van der Waals surface area contributed by atoms with Crippen molar-refractivity contribution in [3.63, 3.8) is 0 Å². The Bertz CT molecular complexity index is 975. The van der Waals surface area contributed by atoms with Crippen LogP contribution in [0.1, 0.15) is 35.7 Å². The van der Waals surface area contributed by atoms with Gasteiger partial charge in [-0.3, -0.25) is 4.79 Å². The Labute approximate surface area is 165 Å². The highest BCUT2D eigenvalue weighted by Crippen LogP contribution is 2.21. The van der Waals surface area contributed by atoms with Gasteiger partial charge in [0.15, 0.2) is 0 Å². The standard InChI is InChI=1S/C21H23N3O3S/c1-17(15-18-7-3-2-4-8-18)16-22-23-21(25)19-9-11-20(12-10-19)28(26,27)24-13-5-6-14-24/h2-4,7-12,15-16H,5-6,13-14H2,1H3,(H,23,25)/b17-15+,22-16-. The summed E-state index contributed by atoms with van der Waals surface area (Å²) in [7, 11) is -3.47. The first-order valence-corrected chi connectivity index (χ1v) is 10.6. The molecule has 1 saturated heterocycles. The van der Waals surface area contributed by atoms with Crippen LogP contribution >= 0.6 is 0 Å². The van der Waals surface area contributed by atoms with Crippen LogP contribution in [0.3, 0.4) is 0 Å². The van der Waals surface area contributed by atoms with Gasteiger partial charge in [0.05, 0.1) is 11.1 Å². The van der Waals surface area contributed by atoms with Gasteiger partial charge in [0, 0.05) is 18.7 Å². The molecule has 1 aliphatic rings. The van der Waals surface area contributed by atoms with E-state index >= 15 is 0 Å². The number of sulfonamides is 1. The van der Waals surface area contributed by atoms with Gasteiger partial charge in [0.2, 0.25) is 10.0 Å². The quantitative estimate of drug-likeness (QED) is 0.600. The van der Waals surface area contributed by atoms with Gasteiger partial charge in [-0.05, 0) is 55.2 Å². The highest BCUT2D eigenvalue weighted by Gasteiger charge is 2.27. The maximum Gasteiger partial charge on any atom is 0.271 e. The average Bonchev–Trinajstić information content (AvgIpc) is 3.24. The van der Waals surface area contributed by atoms with Crippen LogP contribution in [0, 0.1) is 0 Å². The molecule has 0 unspecified atom stereocenters. The number of carbonyl (C=O) groups excluding carboxylic acids is 1. The van der Waals surface area contributed by atoms with E-state index in [1.54, 1.807) is 6.21 Å². The van der Waals surface area contributed by atoms with E-state index in [4.69, 9.17) is 0 Å². The molecular formula is C21H23N3O3S. The van der Waals surface area contributed by atoms with Crippen molar-refractivity contribution in [2.45, 2.75) is 24.7 Å². The molecule has 1 fully saturated rings. The van der Waals surface area contributed by atoms with Crippen molar-refractivity contribution in [1.29, 1.82) is 0 Å². The van der Waals surface area contributed by atoms with Crippen LogP contribution in [0.15, 0.2) is 70.2 Å². The summed E-state index contributed by atoms with van der Waals surface area (Å²) in [6, 6.07) is 15.7. The van der Waals surface area contributed by atoms with Crippen LogP contribution in [0.25, 0.3) is 6.08 Å². The van der Waals surface area contributed by atoms with E-state index in [1.165, 1.54) is 28.6 Å². The molecule has 6 nitrogen and oxygen atoms in total. The van der Waals surface area contributed by atoms with Gasteiger partial charge in [0.25, 0.3) is 5.91 Å². The number of hydrogen-bond donors (Lipinski definition) is 1. The minimum Gasteiger partial charge on any atom is -0.267 e. The molecule has 1 N–H and O–H groups in total. The molecule has 0 radical (unpaired) electrons. The summed E-state index contributed by atoms with van der Waals surface area (Å²) in [5.74, 6) is -0.395. The van der Waals surface area contributed by atoms with Crippen molar-refractivity contribution in [3.05, 3.63) is 71.3 Å². The smallest absolute Gasteiger partial charge is 0.267 e. The van der Waals surface area contributed by atoms with Crippen molar-refractivity contribution in [2.75, 3.05) is 13.1 Å². The molecule has 0 spiro atoms. The minimum absolute atomic E-state index is 0.205. The molecule has 7 heteroatoms. The third kappa shape index (κ3) is 4.94. The Morgan fingerprint density at radius 2 is 1.68 bits per heavy atom. The lowest BCUT2D eigenvalue weighted by Crippen LogP contribution is -2.28. The Morgan fingerprint density at radius 3 is 2.32 bits per heavy atom. The molecule has 0 atom stereocenters. The first-order valence-electron chi connectivity index (χ1n) is 9.14. The second kappa shape index (κ2) is 8.95. The lowest BCUT2D eigenvalue weighted by atomic mass is 10.1. The lowest BCUT2D eigenvalue weighted by molar-refractivity contribution is 0.0955. The molecule has 28 heavy (non-hydrogen) atoms. The Hall–Kier alpha value is -2.77. The van der Waals surface area contributed by atoms with Crippen LogP contribution in [0.2, 0.25) is 0 Å². The largest absolute Gasteiger partial charge is 0.271 e. The second-order valence-corrected chi connectivity index (χ2v) is 8.57. The Balaban J connectivity index is 1.61. The summed E-state index contributed by atoms with van der Waals surface area (Å²) in [6.45, 7) is 2.99. The highest BCUT2D eigenvalue weighted by atomic mass is 32.2. The van der Waals surface area contributed by atoms with Crippen molar-refractivity contribution in [1.82, 2.24) is 9.73 Å². The number of rotatable bonds is 6. The molecule has 146 valence electrons. The fourth-order valence-electron chi connectivity index (χ4n) is 2.96. The maximum atomic E-state index is 12.5. The third-order valence-corrected chi connectivity index (χ3v) is 6.36. The van der Waals surface area contributed by atoms with Crippen LogP contribution in [-0.2, 0) is 10.0 Å². The fraction of sp³-hybridized carbons (Fsp3) is 0.238. The molecule has 1 amide bonds. The fourth-order valence-corrected chi connectivity index (χ4v) is 4.48. The van der Waals surface area contributed by atoms with Gasteiger partial charge in [-0.1, -0.05) is 36.4 Å². The summed E-state index contributed by atoms with van der Waals surface area (Å²) in [6.07, 6.45) is 5.29. The predicted octanol–water partition coefficient (Wildman–Crippen LogP) is 3.29. The summed E-state index contributed by atoms with van der Waals surface area (Å²) in [5, 5.41) is 3.96. The van der Waals surface area contributed by atoms with E-state index < -0.39 is 15.9 Å². The average molecular weight is 398 g/mol. The molecule has 0 bridgehead atoms. The Kier molecular flexibility index (Phi) is 6.38. The molecule has 3 rings (SSSR count). The van der Waals surface area contributed by atoms with Gasteiger partial charge < -0.3 is 0 Å². The van der Waals surface area contributed by atoms with Crippen LogP contribution in [0.4, 0.5) is 0 Å². The molecule has 1 heterocycles. The van der Waals surface area contributed by atoms with Crippen LogP contribution in [0.5, 0.6) is 0 Å². The van der Waals surface area contributed by atoms with E-state index in [-0.39, 0.29) is 4.90 Å². The molecule has 2 aromatic carbocycles. The number of allylic oxidation sites excluding steroid dienone is 1. The Morgan fingerprint density at radius 1 is 1.04 bits per heavy atom. The number of amides is 1. The number of hydrogen-bond acceptors (Lipinski definition) is 4. The van der Waals surface area contributed by atoms with Crippen molar-refractivity contribution in [3.8, 4) is 0 Å². The molecule has 0 aromatic heterocycles. The van der Waals surface area contributed by atoms with E-state index in [0.29, 0.717) is 18.7 Å². The normalized spacial score (nSPS) is 15.8. The zero-order valence-electron chi connectivity index (χ0n) is 15.7. The number of benzene rings is 2.